The minimum Gasteiger partial charge on any atom is -0.0312 e. The summed E-state index contributed by atoms with van der Waals surface area (Å²) in [6, 6.07) is 11.2. The van der Waals surface area contributed by atoms with Crippen molar-refractivity contribution in [2.24, 2.45) is 5.10 Å². The molecule has 1 aromatic carbocycles. The average Bonchev–Trinajstić information content (AvgIpc) is 3.62. The van der Waals surface area contributed by atoms with E-state index in [1.165, 1.54) is 33.7 Å². The van der Waals surface area contributed by atoms with Gasteiger partial charge >= 0.3 is 206 Å². The first-order valence-corrected chi connectivity index (χ1v) is 14.9. The Labute approximate surface area is 237 Å². The van der Waals surface area contributed by atoms with Crippen molar-refractivity contribution >= 4 is 36.9 Å². The zero-order valence-electron chi connectivity index (χ0n) is 21.2. The Morgan fingerprint density at radius 1 is 1.09 bits per heavy atom. The van der Waals surface area contributed by atoms with Gasteiger partial charge in [-0.25, -0.2) is 0 Å². The maximum atomic E-state index is 5.47. The van der Waals surface area contributed by atoms with E-state index in [9.17, 15) is 0 Å². The van der Waals surface area contributed by atoms with Crippen LogP contribution < -0.4 is 4.46 Å². The number of hydrogen-bond acceptors (Lipinski definition) is 4. The summed E-state index contributed by atoms with van der Waals surface area (Å²) in [4.78, 5) is 1.44. The molecule has 0 N–H and O–H groups in total. The van der Waals surface area contributed by atoms with E-state index in [1.807, 2.05) is 43.9 Å². The van der Waals surface area contributed by atoms with E-state index in [1.54, 1.807) is 7.11 Å². The van der Waals surface area contributed by atoms with Crippen molar-refractivity contribution in [2.75, 3.05) is 20.3 Å². The second-order valence-corrected chi connectivity index (χ2v) is 12.8. The van der Waals surface area contributed by atoms with Crippen LogP contribution in [-0.2, 0) is 21.8 Å². The Hall–Kier alpha value is 0.0390. The molecule has 1 aliphatic heterocycles. The number of rotatable bonds is 10. The van der Waals surface area contributed by atoms with Crippen molar-refractivity contribution in [3.63, 3.8) is 0 Å². The number of hydrazone groups is 1. The molecule has 1 heterocycles. The first-order valence-electron chi connectivity index (χ1n) is 12.3. The molecule has 0 unspecified atom stereocenters. The Kier molecular flexibility index (Phi) is 15.7. The van der Waals surface area contributed by atoms with Crippen LogP contribution in [0.25, 0.3) is 0 Å². The molecule has 0 bridgehead atoms. The van der Waals surface area contributed by atoms with E-state index in [0.717, 1.165) is 19.6 Å². The molecule has 0 spiro atoms. The third kappa shape index (κ3) is 10.4. The molecule has 10 radical (unpaired) electrons. The van der Waals surface area contributed by atoms with Crippen LogP contribution in [0.2, 0.25) is 0 Å². The molecule has 3 fully saturated rings. The molecule has 0 aromatic heterocycles. The molecule has 2 saturated carbocycles. The fourth-order valence-corrected chi connectivity index (χ4v) is 7.27. The summed E-state index contributed by atoms with van der Waals surface area (Å²) >= 11 is 2.33. The number of ether oxygens (including phenoxy) is 1. The second kappa shape index (κ2) is 17.5. The van der Waals surface area contributed by atoms with Crippen molar-refractivity contribution in [3.8, 4) is 0 Å². The zero-order chi connectivity index (χ0) is 24.2. The Morgan fingerprint density at radius 3 is 2.37 bits per heavy atom. The number of methoxy groups -OCH3 is 1. The van der Waals surface area contributed by atoms with Gasteiger partial charge in [0.2, 0.25) is 0 Å². The van der Waals surface area contributed by atoms with Crippen LogP contribution in [0.15, 0.2) is 35.4 Å². The van der Waals surface area contributed by atoms with Crippen molar-refractivity contribution in [1.82, 2.24) is 5.01 Å². The molecule has 1 aromatic rings. The molecule has 1 saturated heterocycles. The van der Waals surface area contributed by atoms with Gasteiger partial charge in [-0.2, -0.15) is 0 Å². The molecule has 4 rings (SSSR count). The average molecular weight is 598 g/mol. The molecule has 2 aliphatic carbocycles. The fraction of sp³-hybridized carbons (Fsp3) is 0.414. The van der Waals surface area contributed by atoms with E-state index < -0.39 is 0 Å². The molecule has 0 amide bonds. The molecular weight excluding hydrogens is 559 g/mol. The first kappa shape index (κ1) is 31.3. The normalized spacial score (nSPS) is 22.3. The third-order valence-electron chi connectivity index (χ3n) is 5.63. The van der Waals surface area contributed by atoms with E-state index in [-0.39, 0.29) is 17.1 Å². The van der Waals surface area contributed by atoms with E-state index in [0.29, 0.717) is 31.5 Å². The molecule has 3 aliphatic rings. The van der Waals surface area contributed by atoms with Crippen molar-refractivity contribution in [3.05, 3.63) is 92.4 Å². The van der Waals surface area contributed by atoms with Crippen LogP contribution in [0.3, 0.4) is 0 Å². The van der Waals surface area contributed by atoms with Crippen LogP contribution >= 0.6 is 11.8 Å². The molecule has 6 heteroatoms. The van der Waals surface area contributed by atoms with Crippen LogP contribution in [0.1, 0.15) is 40.0 Å². The molecule has 188 valence electrons. The summed E-state index contributed by atoms with van der Waals surface area (Å²) in [5.74, 6) is 1.34. The van der Waals surface area contributed by atoms with Crippen molar-refractivity contribution in [1.29, 1.82) is 0 Å². The maximum absolute atomic E-state index is 5.47. The van der Waals surface area contributed by atoms with Crippen molar-refractivity contribution in [2.45, 2.75) is 56.6 Å². The smallest absolute Gasteiger partial charge is 0.0312 e. The summed E-state index contributed by atoms with van der Waals surface area (Å²) in [6.07, 6.45) is 20.2. The molecule has 3 nitrogen and oxygen atoms in total. The topological polar surface area (TPSA) is 24.8 Å². The molecule has 35 heavy (non-hydrogen) atoms. The Bertz CT molecular complexity index is 708. The third-order valence-corrected chi connectivity index (χ3v) is 9.34. The van der Waals surface area contributed by atoms with Gasteiger partial charge in [0.15, 0.2) is 0 Å². The van der Waals surface area contributed by atoms with Crippen molar-refractivity contribution < 1.29 is 21.8 Å². The number of nitrogens with zero attached hydrogens (tertiary/aromatic N) is 2. The van der Waals surface area contributed by atoms with Crippen LogP contribution in [0.5, 0.6) is 0 Å². The van der Waals surface area contributed by atoms with E-state index >= 15 is 0 Å². The Morgan fingerprint density at radius 2 is 1.77 bits per heavy atom. The van der Waals surface area contributed by atoms with Gasteiger partial charge < -0.3 is 0 Å². The SMILES string of the molecule is CC[C@@H](SC(C)C)/C(=N\N1CCC[C@H]1COC)[C]1[CH][CH][CH][C]1[Se]c1ccccc1.[CH]1[CH][CH][CH][CH]1.[Fe+2]. The van der Waals surface area contributed by atoms with Gasteiger partial charge in [-0.3, -0.25) is 0 Å². The maximum Gasteiger partial charge on any atom is 2.00 e. The van der Waals surface area contributed by atoms with E-state index in [2.05, 4.69) is 75.4 Å². The van der Waals surface area contributed by atoms with Gasteiger partial charge in [-0.15, -0.1) is 0 Å². The monoisotopic (exact) mass is 598 g/mol. The van der Waals surface area contributed by atoms with Gasteiger partial charge in [0, 0.05) is 0 Å². The van der Waals surface area contributed by atoms with Gasteiger partial charge in [-0.05, 0) is 32.1 Å². The zero-order valence-corrected chi connectivity index (χ0v) is 24.9. The molecular formula is C29H38FeN2OSSe+2. The standard InChI is InChI=1S/C24H33N2OSSe.C5H5.Fe/c1-5-22(28-18(2)3)24(25-26-16-10-11-19(26)17-27-4)21-14-9-15-23(21)29-20-12-7-6-8-13-20;1-2-4-5-3-1;/h6-9,12-15,18-19,22H,5,10-11,16-17H2,1-4H3;1-5H;/q;;+2/b25-24-;;/t19-,22+;;/m0../s1. The summed E-state index contributed by atoms with van der Waals surface area (Å²) in [5.41, 5.74) is 1.26. The first-order chi connectivity index (χ1) is 16.6. The number of hydrogen-bond donors (Lipinski definition) is 0. The predicted molar refractivity (Wildman–Crippen MR) is 149 cm³/mol. The van der Waals surface area contributed by atoms with E-state index in [4.69, 9.17) is 9.84 Å². The van der Waals surface area contributed by atoms with Gasteiger partial charge in [0.1, 0.15) is 0 Å². The fourth-order valence-electron chi connectivity index (χ4n) is 4.07. The summed E-state index contributed by atoms with van der Waals surface area (Å²) in [5, 5.41) is 8.59. The number of thioether (sulfide) groups is 1. The molecule has 2 atom stereocenters. The Balaban J connectivity index is 0.000000640. The summed E-state index contributed by atoms with van der Waals surface area (Å²) < 4.78 is 6.88. The predicted octanol–water partition coefficient (Wildman–Crippen LogP) is 5.16. The summed E-state index contributed by atoms with van der Waals surface area (Å²) in [6.45, 7) is 8.65. The minimum atomic E-state index is 0. The largest absolute Gasteiger partial charge is 2.00 e. The van der Waals surface area contributed by atoms with Crippen LogP contribution in [0.4, 0.5) is 0 Å². The quantitative estimate of drug-likeness (QED) is 0.276. The minimum absolute atomic E-state index is 0. The van der Waals surface area contributed by atoms with Gasteiger partial charge in [-0.1, -0.05) is 0 Å². The van der Waals surface area contributed by atoms with Gasteiger partial charge in [0.25, 0.3) is 0 Å². The van der Waals surface area contributed by atoms with Crippen LogP contribution in [-0.4, -0.2) is 62.5 Å². The summed E-state index contributed by atoms with van der Waals surface area (Å²) in [7, 11) is 1.79. The van der Waals surface area contributed by atoms with Crippen LogP contribution in [0, 0.1) is 62.1 Å². The second-order valence-electron chi connectivity index (χ2n) is 8.66. The van der Waals surface area contributed by atoms with Gasteiger partial charge in [0.05, 0.1) is 0 Å². The number of benzene rings is 1.